The summed E-state index contributed by atoms with van der Waals surface area (Å²) in [5.74, 6) is -0.199. The van der Waals surface area contributed by atoms with Crippen LogP contribution >= 0.6 is 22.7 Å². The van der Waals surface area contributed by atoms with Crippen molar-refractivity contribution in [3.8, 4) is 0 Å². The van der Waals surface area contributed by atoms with E-state index < -0.39 is 5.97 Å². The second kappa shape index (κ2) is 9.06. The number of hydrogen-bond donors (Lipinski definition) is 2. The number of esters is 1. The minimum Gasteiger partial charge on any atom is -0.465 e. The molecule has 0 aliphatic heterocycles. The summed E-state index contributed by atoms with van der Waals surface area (Å²) in [4.78, 5) is 32.9. The van der Waals surface area contributed by atoms with Gasteiger partial charge in [-0.1, -0.05) is 34.1 Å². The first-order chi connectivity index (χ1) is 15.6. The summed E-state index contributed by atoms with van der Waals surface area (Å²) >= 11 is 2.78. The number of aromatic nitrogens is 1. The molecule has 176 valence electrons. The van der Waals surface area contributed by atoms with E-state index in [1.54, 1.807) is 0 Å². The van der Waals surface area contributed by atoms with Crippen molar-refractivity contribution in [2.45, 2.75) is 59.8 Å². The summed E-state index contributed by atoms with van der Waals surface area (Å²) in [5, 5.41) is 4.31. The van der Waals surface area contributed by atoms with Crippen LogP contribution in [-0.4, -0.2) is 24.0 Å². The van der Waals surface area contributed by atoms with E-state index in [9.17, 15) is 9.59 Å². The molecule has 0 aromatic carbocycles. The van der Waals surface area contributed by atoms with Crippen molar-refractivity contribution in [1.29, 1.82) is 0 Å². The van der Waals surface area contributed by atoms with Crippen LogP contribution in [0.25, 0.3) is 10.2 Å². The van der Waals surface area contributed by atoms with Gasteiger partial charge in [0.2, 0.25) is 0 Å². The molecular weight excluding hydrogens is 454 g/mol. The third-order valence-corrected chi connectivity index (χ3v) is 8.75. The van der Waals surface area contributed by atoms with Gasteiger partial charge in [0, 0.05) is 16.0 Å². The van der Waals surface area contributed by atoms with Crippen LogP contribution in [0.1, 0.15) is 76.7 Å². The van der Waals surface area contributed by atoms with Gasteiger partial charge in [-0.3, -0.25) is 4.79 Å². The monoisotopic (exact) mass is 485 g/mol. The molecule has 0 fully saturated rings. The molecule has 0 radical (unpaired) electrons. The molecule has 8 heteroatoms. The largest absolute Gasteiger partial charge is 0.465 e. The van der Waals surface area contributed by atoms with Crippen LogP contribution in [0.4, 0.5) is 10.7 Å². The number of aryl methyl sites for hydroxylation is 1. The van der Waals surface area contributed by atoms with E-state index in [1.807, 2.05) is 12.1 Å². The van der Waals surface area contributed by atoms with Crippen LogP contribution in [0.5, 0.6) is 0 Å². The highest BCUT2D eigenvalue weighted by molar-refractivity contribution is 7.21. The second-order valence-corrected chi connectivity index (χ2v) is 11.8. The number of rotatable bonds is 5. The number of ether oxygens (including phenoxy) is 1. The summed E-state index contributed by atoms with van der Waals surface area (Å²) in [6.45, 7) is 8.87. The molecule has 1 atom stereocenters. The molecule has 1 aliphatic carbocycles. The maximum absolute atomic E-state index is 13.3. The lowest BCUT2D eigenvalue weighted by atomic mass is 9.72. The summed E-state index contributed by atoms with van der Waals surface area (Å²) in [5.41, 5.74) is 9.43. The number of nitrogens with zero attached hydrogens (tertiary/aromatic N) is 1. The summed E-state index contributed by atoms with van der Waals surface area (Å²) in [6, 6.07) is 3.90. The van der Waals surface area contributed by atoms with E-state index in [0.717, 1.165) is 58.5 Å². The first kappa shape index (κ1) is 23.7. The molecule has 1 aliphatic rings. The fourth-order valence-electron chi connectivity index (χ4n) is 4.49. The number of nitrogens with one attached hydrogen (secondary N) is 1. The molecule has 0 saturated carbocycles. The van der Waals surface area contributed by atoms with Crippen molar-refractivity contribution in [2.24, 2.45) is 11.3 Å². The molecule has 3 aromatic rings. The summed E-state index contributed by atoms with van der Waals surface area (Å²) in [7, 11) is 1.38. The number of nitrogens with two attached hydrogens (primary N) is 1. The van der Waals surface area contributed by atoms with Crippen molar-refractivity contribution < 1.29 is 14.3 Å². The first-order valence-electron chi connectivity index (χ1n) is 11.4. The third kappa shape index (κ3) is 4.51. The number of nitrogen functional groups attached to an aromatic ring is 1. The fourth-order valence-corrected chi connectivity index (χ4v) is 6.81. The molecule has 3 heterocycles. The molecule has 0 spiro atoms. The van der Waals surface area contributed by atoms with Gasteiger partial charge in [-0.15, -0.1) is 22.7 Å². The van der Waals surface area contributed by atoms with E-state index in [-0.39, 0.29) is 11.3 Å². The topological polar surface area (TPSA) is 94.3 Å². The Morgan fingerprint density at radius 3 is 2.70 bits per heavy atom. The summed E-state index contributed by atoms with van der Waals surface area (Å²) in [6.07, 6.45) is 4.61. The Bertz CT molecular complexity index is 1220. The van der Waals surface area contributed by atoms with Gasteiger partial charge in [0.05, 0.1) is 18.4 Å². The number of pyridine rings is 1. The second-order valence-electron chi connectivity index (χ2n) is 9.71. The van der Waals surface area contributed by atoms with Gasteiger partial charge in [0.1, 0.15) is 14.7 Å². The van der Waals surface area contributed by atoms with Gasteiger partial charge in [0.15, 0.2) is 0 Å². The highest BCUT2D eigenvalue weighted by atomic mass is 32.1. The predicted molar refractivity (Wildman–Crippen MR) is 137 cm³/mol. The van der Waals surface area contributed by atoms with Crippen molar-refractivity contribution in [1.82, 2.24) is 4.98 Å². The number of thiophene rings is 2. The fraction of sp³-hybridized carbons (Fsp3) is 0.480. The molecule has 0 bridgehead atoms. The van der Waals surface area contributed by atoms with Crippen LogP contribution in [0.15, 0.2) is 12.1 Å². The van der Waals surface area contributed by atoms with Crippen LogP contribution in [0, 0.1) is 11.3 Å². The van der Waals surface area contributed by atoms with Gasteiger partial charge in [-0.25, -0.2) is 9.78 Å². The zero-order chi connectivity index (χ0) is 23.9. The van der Waals surface area contributed by atoms with Gasteiger partial charge in [-0.2, -0.15) is 0 Å². The molecule has 33 heavy (non-hydrogen) atoms. The van der Waals surface area contributed by atoms with E-state index in [2.05, 4.69) is 38.0 Å². The minimum absolute atomic E-state index is 0.186. The van der Waals surface area contributed by atoms with Crippen molar-refractivity contribution in [2.75, 3.05) is 18.2 Å². The molecule has 4 rings (SSSR count). The van der Waals surface area contributed by atoms with E-state index in [0.29, 0.717) is 27.0 Å². The van der Waals surface area contributed by atoms with Crippen LogP contribution < -0.4 is 11.1 Å². The zero-order valence-corrected chi connectivity index (χ0v) is 21.5. The zero-order valence-electron chi connectivity index (χ0n) is 19.8. The van der Waals surface area contributed by atoms with Gasteiger partial charge >= 0.3 is 5.97 Å². The highest BCUT2D eigenvalue weighted by Crippen LogP contribution is 2.45. The Labute approximate surface area is 202 Å². The Kier molecular flexibility index (Phi) is 6.51. The molecule has 1 amide bonds. The van der Waals surface area contributed by atoms with E-state index in [4.69, 9.17) is 10.5 Å². The number of fused-ring (bicyclic) bond motifs is 2. The van der Waals surface area contributed by atoms with Crippen molar-refractivity contribution in [3.05, 3.63) is 38.7 Å². The Hall–Kier alpha value is -2.45. The molecule has 3 aromatic heterocycles. The molecule has 0 saturated heterocycles. The number of hydrogen-bond acceptors (Lipinski definition) is 7. The lowest BCUT2D eigenvalue weighted by Crippen LogP contribution is -2.26. The number of amides is 1. The highest BCUT2D eigenvalue weighted by Gasteiger charge is 2.34. The molecular formula is C25H31N3O3S2. The number of anilines is 2. The van der Waals surface area contributed by atoms with Crippen molar-refractivity contribution in [3.63, 3.8) is 0 Å². The first-order valence-corrected chi connectivity index (χ1v) is 13.0. The van der Waals surface area contributed by atoms with Crippen LogP contribution in [0.3, 0.4) is 0 Å². The molecule has 3 N–H and O–H groups in total. The Balaban J connectivity index is 1.68. The number of carbonyl (C=O) groups excluding carboxylic acids is 2. The maximum atomic E-state index is 13.3. The number of carbonyl (C=O) groups is 2. The van der Waals surface area contributed by atoms with E-state index >= 15 is 0 Å². The van der Waals surface area contributed by atoms with E-state index in [1.165, 1.54) is 29.8 Å². The normalized spacial score (nSPS) is 16.0. The number of methoxy groups -OCH3 is 1. The van der Waals surface area contributed by atoms with Crippen LogP contribution in [-0.2, 0) is 24.0 Å². The predicted octanol–water partition coefficient (Wildman–Crippen LogP) is 6.08. The maximum Gasteiger partial charge on any atom is 0.341 e. The average Bonchev–Trinajstić information content (AvgIpc) is 3.29. The van der Waals surface area contributed by atoms with Crippen molar-refractivity contribution >= 4 is 55.5 Å². The third-order valence-electron chi connectivity index (χ3n) is 6.47. The van der Waals surface area contributed by atoms with Gasteiger partial charge in [-0.05, 0) is 54.7 Å². The van der Waals surface area contributed by atoms with Gasteiger partial charge in [0.25, 0.3) is 5.91 Å². The Morgan fingerprint density at radius 1 is 1.27 bits per heavy atom. The van der Waals surface area contributed by atoms with Crippen LogP contribution in [0.2, 0.25) is 0 Å². The smallest absolute Gasteiger partial charge is 0.341 e. The quantitative estimate of drug-likeness (QED) is 0.427. The lowest BCUT2D eigenvalue weighted by molar-refractivity contribution is 0.0600. The standard InChI is InChI=1S/C25H31N3O3S2/c1-6-7-14-9-11-16-19(26)20(33-22(16)27-14)21(29)28-23-18(24(30)31-5)15-10-8-13(25(2,3)4)12-17(15)32-23/h9,11,13H,6-8,10,12,26H2,1-5H3,(H,28,29). The molecule has 6 nitrogen and oxygen atoms in total. The lowest BCUT2D eigenvalue weighted by Gasteiger charge is -2.33. The summed E-state index contributed by atoms with van der Waals surface area (Å²) < 4.78 is 5.07. The SMILES string of the molecule is CCCc1ccc2c(N)c(C(=O)Nc3sc4c(c3C(=O)OC)CCC(C(C)(C)C)C4)sc2n1. The van der Waals surface area contributed by atoms with Gasteiger partial charge < -0.3 is 15.8 Å². The minimum atomic E-state index is -0.410. The Morgan fingerprint density at radius 2 is 2.03 bits per heavy atom. The average molecular weight is 486 g/mol. The molecule has 1 unspecified atom stereocenters.